The zero-order chi connectivity index (χ0) is 14.5. The summed E-state index contributed by atoms with van der Waals surface area (Å²) in [5, 5.41) is 22.5. The van der Waals surface area contributed by atoms with Crippen LogP contribution in [0.3, 0.4) is 0 Å². The Morgan fingerprint density at radius 3 is 2.50 bits per heavy atom. The van der Waals surface area contributed by atoms with Gasteiger partial charge in [-0.3, -0.25) is 4.79 Å². The van der Waals surface area contributed by atoms with Gasteiger partial charge < -0.3 is 14.9 Å². The van der Waals surface area contributed by atoms with Gasteiger partial charge in [-0.25, -0.2) is 10.0 Å². The van der Waals surface area contributed by atoms with Crippen LogP contribution in [0.1, 0.15) is 5.56 Å². The summed E-state index contributed by atoms with van der Waals surface area (Å²) < 4.78 is 5.28. The van der Waals surface area contributed by atoms with Gasteiger partial charge >= 0.3 is 5.97 Å². The fraction of sp³-hybridized carbons (Fsp3) is 0.500. The van der Waals surface area contributed by atoms with Gasteiger partial charge in [0.1, 0.15) is 11.8 Å². The van der Waals surface area contributed by atoms with E-state index in [1.54, 1.807) is 36.3 Å². The number of hydrogen-bond donors (Lipinski definition) is 2. The Labute approximate surface area is 118 Å². The minimum Gasteiger partial charge on any atom is -0.508 e. The summed E-state index contributed by atoms with van der Waals surface area (Å²) in [6, 6.07) is 6.01. The first-order valence-electron chi connectivity index (χ1n) is 6.64. The summed E-state index contributed by atoms with van der Waals surface area (Å²) in [6.45, 7) is 2.65. The highest BCUT2D eigenvalue weighted by atomic mass is 16.5. The number of ether oxygens (including phenoxy) is 1. The van der Waals surface area contributed by atoms with E-state index in [-0.39, 0.29) is 5.75 Å². The van der Waals surface area contributed by atoms with E-state index in [0.717, 1.165) is 5.56 Å². The molecule has 1 saturated heterocycles. The predicted octanol–water partition coefficient (Wildman–Crippen LogP) is 0.567. The molecule has 0 saturated carbocycles. The van der Waals surface area contributed by atoms with Crippen molar-refractivity contribution in [3.05, 3.63) is 29.8 Å². The van der Waals surface area contributed by atoms with Gasteiger partial charge in [-0.05, 0) is 24.1 Å². The van der Waals surface area contributed by atoms with Gasteiger partial charge in [-0.2, -0.15) is 0 Å². The first kappa shape index (κ1) is 14.8. The number of benzene rings is 1. The molecule has 0 bridgehead atoms. The van der Waals surface area contributed by atoms with E-state index in [2.05, 4.69) is 0 Å². The van der Waals surface area contributed by atoms with Crippen LogP contribution in [0.15, 0.2) is 24.3 Å². The average molecular weight is 280 g/mol. The maximum atomic E-state index is 11.5. The van der Waals surface area contributed by atoms with Crippen molar-refractivity contribution in [1.29, 1.82) is 0 Å². The van der Waals surface area contributed by atoms with Crippen LogP contribution < -0.4 is 0 Å². The van der Waals surface area contributed by atoms with Crippen LogP contribution in [0.5, 0.6) is 5.75 Å². The molecule has 2 N–H and O–H groups in total. The number of phenolic OH excluding ortho intramolecular Hbond substituents is 1. The van der Waals surface area contributed by atoms with E-state index < -0.39 is 12.0 Å². The smallest absolute Gasteiger partial charge is 0.322 e. The van der Waals surface area contributed by atoms with E-state index in [1.807, 2.05) is 5.01 Å². The van der Waals surface area contributed by atoms with Gasteiger partial charge in [-0.15, -0.1) is 0 Å². The number of carbonyl (C=O) groups is 1. The number of hydrogen-bond acceptors (Lipinski definition) is 5. The first-order valence-corrected chi connectivity index (χ1v) is 6.64. The molecular formula is C14H20N2O4. The molecule has 6 nitrogen and oxygen atoms in total. The first-order chi connectivity index (χ1) is 9.58. The molecule has 1 unspecified atom stereocenters. The zero-order valence-electron chi connectivity index (χ0n) is 11.5. The minimum absolute atomic E-state index is 0.183. The SMILES string of the molecule is CN(C(Cc1ccc(O)cc1)C(=O)O)N1CCOCC1. The predicted molar refractivity (Wildman–Crippen MR) is 73.4 cm³/mol. The van der Waals surface area contributed by atoms with Crippen LogP contribution in [0, 0.1) is 0 Å². The topological polar surface area (TPSA) is 73.2 Å². The maximum absolute atomic E-state index is 11.5. The van der Waals surface area contributed by atoms with Crippen LogP contribution in [-0.2, 0) is 16.0 Å². The van der Waals surface area contributed by atoms with Crippen LogP contribution in [-0.4, -0.2) is 65.6 Å². The molecule has 0 amide bonds. The number of phenols is 1. The minimum atomic E-state index is -0.855. The summed E-state index contributed by atoms with van der Waals surface area (Å²) in [7, 11) is 1.80. The molecule has 1 heterocycles. The lowest BCUT2D eigenvalue weighted by Gasteiger charge is -2.38. The van der Waals surface area contributed by atoms with Crippen molar-refractivity contribution < 1.29 is 19.7 Å². The normalized spacial score (nSPS) is 18.1. The van der Waals surface area contributed by atoms with Crippen molar-refractivity contribution >= 4 is 5.97 Å². The van der Waals surface area contributed by atoms with Gasteiger partial charge in [0, 0.05) is 20.1 Å². The molecule has 0 spiro atoms. The van der Waals surface area contributed by atoms with E-state index >= 15 is 0 Å². The second-order valence-electron chi connectivity index (χ2n) is 4.86. The number of aromatic hydroxyl groups is 1. The number of likely N-dealkylation sites (N-methyl/N-ethyl adjacent to an activating group) is 1. The average Bonchev–Trinajstić information content (AvgIpc) is 2.46. The number of nitrogens with zero attached hydrogens (tertiary/aromatic N) is 2. The fourth-order valence-corrected chi connectivity index (χ4v) is 2.30. The van der Waals surface area contributed by atoms with Crippen LogP contribution in [0.2, 0.25) is 0 Å². The lowest BCUT2D eigenvalue weighted by Crippen LogP contribution is -2.54. The number of rotatable bonds is 5. The maximum Gasteiger partial charge on any atom is 0.322 e. The Balaban J connectivity index is 2.05. The summed E-state index contributed by atoms with van der Waals surface area (Å²) in [6.07, 6.45) is 0.392. The van der Waals surface area contributed by atoms with E-state index in [9.17, 15) is 15.0 Å². The number of morpholine rings is 1. The van der Waals surface area contributed by atoms with Crippen LogP contribution >= 0.6 is 0 Å². The van der Waals surface area contributed by atoms with Crippen molar-refractivity contribution in [3.8, 4) is 5.75 Å². The molecule has 1 fully saturated rings. The molecule has 6 heteroatoms. The number of hydrazine groups is 1. The van der Waals surface area contributed by atoms with E-state index in [0.29, 0.717) is 32.7 Å². The van der Waals surface area contributed by atoms with Gasteiger partial charge in [-0.1, -0.05) is 12.1 Å². The Morgan fingerprint density at radius 1 is 1.35 bits per heavy atom. The van der Waals surface area contributed by atoms with Gasteiger partial charge in [0.05, 0.1) is 13.2 Å². The third kappa shape index (κ3) is 3.69. The Kier molecular flexibility index (Phi) is 4.94. The molecule has 1 atom stereocenters. The Hall–Kier alpha value is -1.63. The molecule has 1 aromatic rings. The third-order valence-electron chi connectivity index (χ3n) is 3.54. The van der Waals surface area contributed by atoms with E-state index in [4.69, 9.17) is 4.74 Å². The fourth-order valence-electron chi connectivity index (χ4n) is 2.30. The highest BCUT2D eigenvalue weighted by Crippen LogP contribution is 2.15. The summed E-state index contributed by atoms with van der Waals surface area (Å²) in [5.74, 6) is -0.672. The van der Waals surface area contributed by atoms with Gasteiger partial charge in [0.25, 0.3) is 0 Å². The molecule has 20 heavy (non-hydrogen) atoms. The second kappa shape index (κ2) is 6.69. The van der Waals surface area contributed by atoms with Gasteiger partial charge in [0.2, 0.25) is 0 Å². The summed E-state index contributed by atoms with van der Waals surface area (Å²) in [4.78, 5) is 11.5. The number of carboxylic acids is 1. The van der Waals surface area contributed by atoms with Crippen molar-refractivity contribution in [2.24, 2.45) is 0 Å². The molecule has 1 aromatic carbocycles. The molecule has 110 valence electrons. The van der Waals surface area contributed by atoms with Crippen molar-refractivity contribution in [3.63, 3.8) is 0 Å². The summed E-state index contributed by atoms with van der Waals surface area (Å²) in [5.41, 5.74) is 0.885. The standard InChI is InChI=1S/C14H20N2O4/c1-15(16-6-8-20-9-7-16)13(14(18)19)10-11-2-4-12(17)5-3-11/h2-5,13,17H,6-10H2,1H3,(H,18,19). The molecule has 1 aliphatic heterocycles. The monoisotopic (exact) mass is 280 g/mol. The van der Waals surface area contributed by atoms with Crippen molar-refractivity contribution in [2.45, 2.75) is 12.5 Å². The molecule has 2 rings (SSSR count). The zero-order valence-corrected chi connectivity index (χ0v) is 11.5. The second-order valence-corrected chi connectivity index (χ2v) is 4.86. The Morgan fingerprint density at radius 2 is 1.95 bits per heavy atom. The van der Waals surface area contributed by atoms with E-state index in [1.165, 1.54) is 0 Å². The molecule has 0 aliphatic carbocycles. The van der Waals surface area contributed by atoms with Crippen LogP contribution in [0.4, 0.5) is 0 Å². The number of aliphatic carboxylic acids is 1. The van der Waals surface area contributed by atoms with Gasteiger partial charge in [0.15, 0.2) is 0 Å². The van der Waals surface area contributed by atoms with Crippen molar-refractivity contribution in [2.75, 3.05) is 33.4 Å². The lowest BCUT2D eigenvalue weighted by atomic mass is 10.1. The largest absolute Gasteiger partial charge is 0.508 e. The summed E-state index contributed by atoms with van der Waals surface area (Å²) >= 11 is 0. The Bertz CT molecular complexity index is 443. The van der Waals surface area contributed by atoms with Crippen molar-refractivity contribution in [1.82, 2.24) is 10.0 Å². The highest BCUT2D eigenvalue weighted by molar-refractivity contribution is 5.73. The quantitative estimate of drug-likeness (QED) is 0.821. The molecule has 0 aromatic heterocycles. The molecule has 1 aliphatic rings. The number of carboxylic acid groups (broad SMARTS) is 1. The lowest BCUT2D eigenvalue weighted by molar-refractivity contribution is -0.156. The molecular weight excluding hydrogens is 260 g/mol. The third-order valence-corrected chi connectivity index (χ3v) is 3.54. The highest BCUT2D eigenvalue weighted by Gasteiger charge is 2.28. The van der Waals surface area contributed by atoms with Crippen LogP contribution in [0.25, 0.3) is 0 Å². The molecule has 0 radical (unpaired) electrons.